The summed E-state index contributed by atoms with van der Waals surface area (Å²) in [5.41, 5.74) is 3.31. The lowest BCUT2D eigenvalue weighted by molar-refractivity contribution is 0.194. The molecule has 2 aromatic rings. The van der Waals surface area contributed by atoms with Crippen molar-refractivity contribution in [3.8, 4) is 5.75 Å². The summed E-state index contributed by atoms with van der Waals surface area (Å²) in [7, 11) is 0. The van der Waals surface area contributed by atoms with Gasteiger partial charge in [-0.3, -0.25) is 9.88 Å². The molecule has 1 aromatic heterocycles. The van der Waals surface area contributed by atoms with Crippen LogP contribution in [0.25, 0.3) is 0 Å². The number of benzene rings is 1. The average Bonchev–Trinajstić information content (AvgIpc) is 3.41. The fourth-order valence-electron chi connectivity index (χ4n) is 2.77. The highest BCUT2D eigenvalue weighted by molar-refractivity contribution is 6.17. The van der Waals surface area contributed by atoms with E-state index in [1.807, 2.05) is 13.0 Å². The minimum atomic E-state index is 0.422. The Hall–Kier alpha value is -1.58. The van der Waals surface area contributed by atoms with Crippen molar-refractivity contribution in [3.05, 3.63) is 59.4 Å². The van der Waals surface area contributed by atoms with Crippen LogP contribution < -0.4 is 4.74 Å². The lowest BCUT2D eigenvalue weighted by Crippen LogP contribution is -2.30. The van der Waals surface area contributed by atoms with Crippen molar-refractivity contribution in [3.63, 3.8) is 0 Å². The zero-order chi connectivity index (χ0) is 16.1. The van der Waals surface area contributed by atoms with E-state index < -0.39 is 0 Å². The molecule has 1 aromatic carbocycles. The van der Waals surface area contributed by atoms with Crippen molar-refractivity contribution in [2.45, 2.75) is 38.2 Å². The standard InChI is InChI=1S/C19H23ClN2O/c1-15-18(13-20)21-10-9-19(15)23-12-11-22(17-7-8-17)14-16-5-3-2-4-6-16/h2-6,9-10,17H,7-8,11-14H2,1H3. The summed E-state index contributed by atoms with van der Waals surface area (Å²) < 4.78 is 5.99. The van der Waals surface area contributed by atoms with E-state index in [0.717, 1.165) is 36.1 Å². The Labute approximate surface area is 143 Å². The number of hydrogen-bond donors (Lipinski definition) is 0. The van der Waals surface area contributed by atoms with Crippen molar-refractivity contribution in [1.29, 1.82) is 0 Å². The molecule has 4 heteroatoms. The molecule has 1 saturated carbocycles. The molecule has 1 heterocycles. The van der Waals surface area contributed by atoms with Gasteiger partial charge in [-0.25, -0.2) is 0 Å². The maximum atomic E-state index is 5.99. The van der Waals surface area contributed by atoms with E-state index in [0.29, 0.717) is 12.5 Å². The zero-order valence-corrected chi connectivity index (χ0v) is 14.3. The quantitative estimate of drug-likeness (QED) is 0.679. The highest BCUT2D eigenvalue weighted by Crippen LogP contribution is 2.28. The van der Waals surface area contributed by atoms with Crippen LogP contribution in [0.15, 0.2) is 42.6 Å². The fourth-order valence-corrected chi connectivity index (χ4v) is 3.04. The molecule has 3 rings (SSSR count). The first kappa shape index (κ1) is 16.3. The highest BCUT2D eigenvalue weighted by Gasteiger charge is 2.28. The molecule has 1 aliphatic carbocycles. The van der Waals surface area contributed by atoms with E-state index >= 15 is 0 Å². The SMILES string of the molecule is Cc1c(OCCN(Cc2ccccc2)C2CC2)ccnc1CCl. The maximum Gasteiger partial charge on any atom is 0.125 e. The first-order valence-electron chi connectivity index (χ1n) is 8.19. The van der Waals surface area contributed by atoms with Gasteiger partial charge in [0, 0.05) is 30.9 Å². The van der Waals surface area contributed by atoms with Crippen molar-refractivity contribution < 1.29 is 4.74 Å². The molecular formula is C19H23ClN2O. The van der Waals surface area contributed by atoms with E-state index in [-0.39, 0.29) is 0 Å². The molecule has 0 spiro atoms. The highest BCUT2D eigenvalue weighted by atomic mass is 35.5. The van der Waals surface area contributed by atoms with E-state index in [2.05, 4.69) is 40.2 Å². The van der Waals surface area contributed by atoms with Gasteiger partial charge in [-0.2, -0.15) is 0 Å². The van der Waals surface area contributed by atoms with Crippen molar-refractivity contribution in [1.82, 2.24) is 9.88 Å². The van der Waals surface area contributed by atoms with E-state index in [9.17, 15) is 0 Å². The van der Waals surface area contributed by atoms with Crippen LogP contribution in [0, 0.1) is 6.92 Å². The topological polar surface area (TPSA) is 25.4 Å². The van der Waals surface area contributed by atoms with Crippen LogP contribution >= 0.6 is 11.6 Å². The second-order valence-corrected chi connectivity index (χ2v) is 6.32. The average molecular weight is 331 g/mol. The predicted octanol–water partition coefficient (Wildman–Crippen LogP) is 4.17. The Morgan fingerprint density at radius 2 is 2.00 bits per heavy atom. The maximum absolute atomic E-state index is 5.99. The van der Waals surface area contributed by atoms with Crippen LogP contribution in [0.2, 0.25) is 0 Å². The zero-order valence-electron chi connectivity index (χ0n) is 13.5. The van der Waals surface area contributed by atoms with Gasteiger partial charge in [0.25, 0.3) is 0 Å². The van der Waals surface area contributed by atoms with Crippen LogP contribution in [-0.4, -0.2) is 29.1 Å². The number of rotatable bonds is 8. The van der Waals surface area contributed by atoms with Crippen LogP contribution in [-0.2, 0) is 12.4 Å². The number of nitrogens with zero attached hydrogens (tertiary/aromatic N) is 2. The molecule has 0 radical (unpaired) electrons. The van der Waals surface area contributed by atoms with Gasteiger partial charge in [0.1, 0.15) is 12.4 Å². The van der Waals surface area contributed by atoms with Crippen LogP contribution in [0.4, 0.5) is 0 Å². The van der Waals surface area contributed by atoms with Gasteiger partial charge in [0.15, 0.2) is 0 Å². The molecule has 0 bridgehead atoms. The number of aromatic nitrogens is 1. The first-order chi connectivity index (χ1) is 11.3. The third-order valence-electron chi connectivity index (χ3n) is 4.31. The minimum absolute atomic E-state index is 0.422. The molecular weight excluding hydrogens is 308 g/mol. The Morgan fingerprint density at radius 1 is 1.22 bits per heavy atom. The molecule has 0 N–H and O–H groups in total. The van der Waals surface area contributed by atoms with Crippen LogP contribution in [0.5, 0.6) is 5.75 Å². The van der Waals surface area contributed by atoms with E-state index in [4.69, 9.17) is 16.3 Å². The van der Waals surface area contributed by atoms with E-state index in [1.54, 1.807) is 6.20 Å². The third kappa shape index (κ3) is 4.46. The predicted molar refractivity (Wildman–Crippen MR) is 93.9 cm³/mol. The molecule has 0 saturated heterocycles. The monoisotopic (exact) mass is 330 g/mol. The lowest BCUT2D eigenvalue weighted by atomic mass is 10.2. The Morgan fingerprint density at radius 3 is 2.70 bits per heavy atom. The second-order valence-electron chi connectivity index (χ2n) is 6.05. The number of alkyl halides is 1. The molecule has 0 atom stereocenters. The normalized spacial score (nSPS) is 14.2. The van der Waals surface area contributed by atoms with Crippen molar-refractivity contribution in [2.75, 3.05) is 13.2 Å². The molecule has 0 aliphatic heterocycles. The van der Waals surface area contributed by atoms with Gasteiger partial charge in [0.05, 0.1) is 11.6 Å². The van der Waals surface area contributed by atoms with Gasteiger partial charge in [-0.1, -0.05) is 30.3 Å². The molecule has 3 nitrogen and oxygen atoms in total. The summed E-state index contributed by atoms with van der Waals surface area (Å²) >= 11 is 5.90. The van der Waals surface area contributed by atoms with Crippen molar-refractivity contribution in [2.24, 2.45) is 0 Å². The van der Waals surface area contributed by atoms with E-state index in [1.165, 1.54) is 18.4 Å². The third-order valence-corrected chi connectivity index (χ3v) is 4.57. The molecule has 0 unspecified atom stereocenters. The van der Waals surface area contributed by atoms with Crippen molar-refractivity contribution >= 4 is 11.6 Å². The van der Waals surface area contributed by atoms with Crippen LogP contribution in [0.3, 0.4) is 0 Å². The Kier molecular flexibility index (Phi) is 5.52. The summed E-state index contributed by atoms with van der Waals surface area (Å²) in [5.74, 6) is 1.32. The smallest absolute Gasteiger partial charge is 0.125 e. The molecule has 0 amide bonds. The van der Waals surface area contributed by atoms with Gasteiger partial charge in [-0.05, 0) is 31.4 Å². The first-order valence-corrected chi connectivity index (χ1v) is 8.72. The van der Waals surface area contributed by atoms with Gasteiger partial charge in [0.2, 0.25) is 0 Å². The largest absolute Gasteiger partial charge is 0.492 e. The summed E-state index contributed by atoms with van der Waals surface area (Å²) in [5, 5.41) is 0. The summed E-state index contributed by atoms with van der Waals surface area (Å²) in [4.78, 5) is 6.79. The fraction of sp³-hybridized carbons (Fsp3) is 0.421. The Balaban J connectivity index is 1.56. The second kappa shape index (κ2) is 7.80. The summed E-state index contributed by atoms with van der Waals surface area (Å²) in [6.07, 6.45) is 4.37. The Bertz CT molecular complexity index is 629. The number of halogens is 1. The van der Waals surface area contributed by atoms with Gasteiger partial charge in [-0.15, -0.1) is 11.6 Å². The molecule has 23 heavy (non-hydrogen) atoms. The molecule has 1 aliphatic rings. The summed E-state index contributed by atoms with van der Waals surface area (Å²) in [6.45, 7) is 4.65. The number of ether oxygens (including phenoxy) is 1. The number of hydrogen-bond acceptors (Lipinski definition) is 3. The van der Waals surface area contributed by atoms with Gasteiger partial charge >= 0.3 is 0 Å². The summed E-state index contributed by atoms with van der Waals surface area (Å²) in [6, 6.07) is 13.3. The number of pyridine rings is 1. The van der Waals surface area contributed by atoms with Crippen LogP contribution in [0.1, 0.15) is 29.7 Å². The lowest BCUT2D eigenvalue weighted by Gasteiger charge is -2.22. The van der Waals surface area contributed by atoms with Gasteiger partial charge < -0.3 is 4.74 Å². The molecule has 1 fully saturated rings. The minimum Gasteiger partial charge on any atom is -0.492 e. The molecule has 122 valence electrons.